The van der Waals surface area contributed by atoms with E-state index in [1.165, 1.54) is 0 Å². The molecule has 6 nitrogen and oxygen atoms in total. The fourth-order valence-corrected chi connectivity index (χ4v) is 1.60. The first kappa shape index (κ1) is 10.7. The highest BCUT2D eigenvalue weighted by molar-refractivity contribution is 6.09. The number of rotatable bonds is 3. The number of hydrogen-bond donors (Lipinski definition) is 1. The van der Waals surface area contributed by atoms with Crippen LogP contribution in [0.25, 0.3) is 21.3 Å². The van der Waals surface area contributed by atoms with E-state index in [-0.39, 0.29) is 12.3 Å². The quantitative estimate of drug-likeness (QED) is 0.375. The molecule has 0 atom stereocenters. The molecule has 17 heavy (non-hydrogen) atoms. The Hall–Kier alpha value is -2.77. The number of carbonyl (C=O) groups excluding carboxylic acids is 1. The molecule has 2 rings (SSSR count). The molecule has 0 unspecified atom stereocenters. The number of nitrogens with one attached hydrogen (secondary N) is 1. The third kappa shape index (κ3) is 1.95. The summed E-state index contributed by atoms with van der Waals surface area (Å²) in [6.07, 6.45) is 1.56. The highest BCUT2D eigenvalue weighted by Crippen LogP contribution is 2.20. The van der Waals surface area contributed by atoms with Gasteiger partial charge in [0.1, 0.15) is 0 Å². The van der Waals surface area contributed by atoms with Crippen LogP contribution in [0.5, 0.6) is 0 Å². The van der Waals surface area contributed by atoms with Gasteiger partial charge in [-0.1, -0.05) is 5.11 Å². The van der Waals surface area contributed by atoms with Gasteiger partial charge in [-0.3, -0.25) is 4.79 Å². The summed E-state index contributed by atoms with van der Waals surface area (Å²) < 4.78 is 0. The average Bonchev–Trinajstić information content (AvgIpc) is 2.78. The van der Waals surface area contributed by atoms with E-state index in [1.54, 1.807) is 24.4 Å². The molecule has 1 aromatic carbocycles. The number of nitrogens with zero attached hydrogens (tertiary/aromatic N) is 4. The topological polar surface area (TPSA) is 105 Å². The van der Waals surface area contributed by atoms with Gasteiger partial charge in [0.05, 0.1) is 18.2 Å². The summed E-state index contributed by atoms with van der Waals surface area (Å²) >= 11 is 0. The Bertz CT molecular complexity index is 673. The van der Waals surface area contributed by atoms with Crippen molar-refractivity contribution in [2.75, 3.05) is 6.54 Å². The molecule has 0 bridgehead atoms. The van der Waals surface area contributed by atoms with E-state index in [0.717, 1.165) is 5.52 Å². The van der Waals surface area contributed by atoms with Gasteiger partial charge in [0.2, 0.25) is 0 Å². The molecule has 1 aromatic heterocycles. The summed E-state index contributed by atoms with van der Waals surface area (Å²) in [5.74, 6) is -0.274. The predicted molar refractivity (Wildman–Crippen MR) is 61.4 cm³/mol. The maximum Gasteiger partial charge on any atom is 0.170 e. The molecule has 0 spiro atoms. The lowest BCUT2D eigenvalue weighted by Gasteiger charge is -1.95. The van der Waals surface area contributed by atoms with Crippen LogP contribution in [0.4, 0.5) is 0 Å². The maximum absolute atomic E-state index is 11.7. The first-order valence-corrected chi connectivity index (χ1v) is 4.81. The molecule has 0 fully saturated rings. The van der Waals surface area contributed by atoms with E-state index in [4.69, 9.17) is 10.8 Å². The summed E-state index contributed by atoms with van der Waals surface area (Å²) in [7, 11) is 0. The van der Waals surface area contributed by atoms with Crippen LogP contribution >= 0.6 is 0 Å². The Morgan fingerprint density at radius 3 is 3.12 bits per heavy atom. The molecular weight excluding hydrogens is 218 g/mol. The lowest BCUT2D eigenvalue weighted by Crippen LogP contribution is -2.01. The van der Waals surface area contributed by atoms with Crippen LogP contribution in [-0.4, -0.2) is 17.3 Å². The smallest absolute Gasteiger partial charge is 0.170 e. The molecule has 1 N–H and O–H groups in total. The van der Waals surface area contributed by atoms with E-state index in [1.807, 2.05) is 6.07 Å². The van der Waals surface area contributed by atoms with Gasteiger partial charge in [-0.25, -0.2) is 0 Å². The van der Waals surface area contributed by atoms with Crippen molar-refractivity contribution < 1.29 is 4.79 Å². The fourth-order valence-electron chi connectivity index (χ4n) is 1.60. The number of hydrogen-bond acceptors (Lipinski definition) is 3. The van der Waals surface area contributed by atoms with Gasteiger partial charge in [0, 0.05) is 27.6 Å². The number of benzene rings is 1. The Morgan fingerprint density at radius 1 is 1.59 bits per heavy atom. The van der Waals surface area contributed by atoms with Crippen LogP contribution in [-0.2, 0) is 0 Å². The van der Waals surface area contributed by atoms with Gasteiger partial charge in [0.15, 0.2) is 5.78 Å². The molecule has 2 aromatic rings. The first-order chi connectivity index (χ1) is 8.26. The molecule has 0 amide bonds. The third-order valence-electron chi connectivity index (χ3n) is 2.39. The van der Waals surface area contributed by atoms with Crippen molar-refractivity contribution in [3.8, 4) is 6.07 Å². The van der Waals surface area contributed by atoms with E-state index < -0.39 is 0 Å². The number of H-pyrrole nitrogens is 1. The van der Waals surface area contributed by atoms with E-state index in [0.29, 0.717) is 16.5 Å². The number of carbonyl (C=O) groups is 1. The van der Waals surface area contributed by atoms with Crippen LogP contribution in [0, 0.1) is 11.3 Å². The zero-order valence-electron chi connectivity index (χ0n) is 8.71. The minimum Gasteiger partial charge on any atom is -0.360 e. The van der Waals surface area contributed by atoms with Crippen molar-refractivity contribution >= 4 is 16.7 Å². The second kappa shape index (κ2) is 4.39. The average molecular weight is 225 g/mol. The molecule has 82 valence electrons. The number of aromatic nitrogens is 1. The zero-order valence-corrected chi connectivity index (χ0v) is 8.71. The van der Waals surface area contributed by atoms with Crippen LogP contribution in [0.3, 0.4) is 0 Å². The summed E-state index contributed by atoms with van der Waals surface area (Å²) in [5.41, 5.74) is 9.85. The fraction of sp³-hybridized carbons (Fsp3) is 0.0909. The lowest BCUT2D eigenvalue weighted by molar-refractivity contribution is 0.100. The minimum absolute atomic E-state index is 0.222. The predicted octanol–water partition coefficient (Wildman–Crippen LogP) is 2.53. The lowest BCUT2D eigenvalue weighted by atomic mass is 10.1. The molecule has 0 radical (unpaired) electrons. The molecule has 6 heteroatoms. The van der Waals surface area contributed by atoms with Crippen molar-refractivity contribution in [3.05, 3.63) is 46.0 Å². The monoisotopic (exact) mass is 225 g/mol. The number of azide groups is 1. The van der Waals surface area contributed by atoms with Crippen molar-refractivity contribution in [1.29, 1.82) is 5.26 Å². The largest absolute Gasteiger partial charge is 0.360 e. The first-order valence-electron chi connectivity index (χ1n) is 4.81. The number of nitriles is 1. The second-order valence-corrected chi connectivity index (χ2v) is 3.39. The molecular formula is C11H7N5O. The van der Waals surface area contributed by atoms with Crippen molar-refractivity contribution in [1.82, 2.24) is 4.98 Å². The molecule has 0 saturated heterocycles. The van der Waals surface area contributed by atoms with Gasteiger partial charge in [0.25, 0.3) is 0 Å². The van der Waals surface area contributed by atoms with Crippen LogP contribution in [0.1, 0.15) is 15.9 Å². The van der Waals surface area contributed by atoms with Gasteiger partial charge in [-0.05, 0) is 23.7 Å². The highest BCUT2D eigenvalue weighted by Gasteiger charge is 2.11. The standard InChI is InChI=1S/C11H7N5O/c12-4-7-1-2-10-8(3-7)9(5-14-10)11(17)6-15-16-13/h1-3,5,14H,6H2. The number of fused-ring (bicyclic) bond motifs is 1. The Kier molecular flexibility index (Phi) is 2.77. The van der Waals surface area contributed by atoms with Crippen LogP contribution in [0.2, 0.25) is 0 Å². The maximum atomic E-state index is 11.7. The zero-order chi connectivity index (χ0) is 12.3. The molecule has 0 aliphatic heterocycles. The minimum atomic E-state index is -0.274. The van der Waals surface area contributed by atoms with Gasteiger partial charge in [-0.2, -0.15) is 5.26 Å². The van der Waals surface area contributed by atoms with E-state index >= 15 is 0 Å². The highest BCUT2D eigenvalue weighted by atomic mass is 16.1. The molecule has 0 aliphatic rings. The van der Waals surface area contributed by atoms with E-state index in [2.05, 4.69) is 15.0 Å². The van der Waals surface area contributed by atoms with Gasteiger partial charge >= 0.3 is 0 Å². The summed E-state index contributed by atoms with van der Waals surface area (Å²) in [4.78, 5) is 17.2. The second-order valence-electron chi connectivity index (χ2n) is 3.39. The van der Waals surface area contributed by atoms with Crippen molar-refractivity contribution in [3.63, 3.8) is 0 Å². The summed E-state index contributed by atoms with van der Waals surface area (Å²) in [6.45, 7) is -0.222. The molecule has 0 saturated carbocycles. The number of ketones is 1. The van der Waals surface area contributed by atoms with Crippen LogP contribution < -0.4 is 0 Å². The Balaban J connectivity index is 2.51. The molecule has 0 aliphatic carbocycles. The SMILES string of the molecule is N#Cc1ccc2[nH]cc(C(=O)CN=[N+]=[N-])c2c1. The Morgan fingerprint density at radius 2 is 2.41 bits per heavy atom. The third-order valence-corrected chi connectivity index (χ3v) is 2.39. The molecule has 1 heterocycles. The van der Waals surface area contributed by atoms with Gasteiger partial charge in [-0.15, -0.1) is 0 Å². The van der Waals surface area contributed by atoms with Crippen molar-refractivity contribution in [2.24, 2.45) is 5.11 Å². The van der Waals surface area contributed by atoms with Crippen LogP contribution in [0.15, 0.2) is 29.5 Å². The van der Waals surface area contributed by atoms with E-state index in [9.17, 15) is 4.79 Å². The summed E-state index contributed by atoms with van der Waals surface area (Å²) in [5, 5.41) is 12.7. The summed E-state index contributed by atoms with van der Waals surface area (Å²) in [6, 6.07) is 7.05. The van der Waals surface area contributed by atoms with Gasteiger partial charge < -0.3 is 4.98 Å². The Labute approximate surface area is 96.1 Å². The van der Waals surface area contributed by atoms with Crippen molar-refractivity contribution in [2.45, 2.75) is 0 Å². The normalized spacial score (nSPS) is 9.59. The number of Topliss-reactive ketones (excluding diaryl/α,β-unsaturated/α-hetero) is 1. The number of aromatic amines is 1.